The van der Waals surface area contributed by atoms with Crippen molar-refractivity contribution in [2.45, 2.75) is 57.9 Å². The molecule has 3 atom stereocenters. The van der Waals surface area contributed by atoms with E-state index >= 15 is 0 Å². The molecule has 224 valence electrons. The Kier molecular flexibility index (Phi) is 11.8. The van der Waals surface area contributed by atoms with E-state index < -0.39 is 31.9 Å². The van der Waals surface area contributed by atoms with Crippen molar-refractivity contribution < 1.29 is 43.5 Å². The molecule has 0 aliphatic heterocycles. The summed E-state index contributed by atoms with van der Waals surface area (Å²) in [4.78, 5) is 51.1. The first-order valence-electron chi connectivity index (χ1n) is 12.9. The van der Waals surface area contributed by atoms with E-state index in [2.05, 4.69) is 15.0 Å². The molecule has 1 aliphatic carbocycles. The van der Waals surface area contributed by atoms with Crippen LogP contribution in [0, 0.1) is 0 Å². The van der Waals surface area contributed by atoms with Crippen molar-refractivity contribution in [1.82, 2.24) is 24.4 Å². The van der Waals surface area contributed by atoms with E-state index in [1.807, 2.05) is 13.0 Å². The Balaban J connectivity index is 0.000000531. The fourth-order valence-corrected chi connectivity index (χ4v) is 4.66. The highest BCUT2D eigenvalue weighted by molar-refractivity contribution is 7.41. The van der Waals surface area contributed by atoms with Gasteiger partial charge in [0.05, 0.1) is 23.8 Å². The van der Waals surface area contributed by atoms with Crippen molar-refractivity contribution in [1.29, 1.82) is 0 Å². The molecule has 2 heterocycles. The van der Waals surface area contributed by atoms with Crippen LogP contribution in [-0.2, 0) is 35.0 Å². The minimum absolute atomic E-state index is 0.0782. The Bertz CT molecular complexity index is 1400. The molecule has 0 radical (unpaired) electrons. The molecule has 4 rings (SSSR count). The van der Waals surface area contributed by atoms with Crippen molar-refractivity contribution in [3.8, 4) is 5.75 Å². The average molecular weight is 604 g/mol. The maximum Gasteiger partial charge on any atom is 0.499 e. The van der Waals surface area contributed by atoms with Crippen LogP contribution in [0.3, 0.4) is 0 Å². The van der Waals surface area contributed by atoms with Gasteiger partial charge in [-0.25, -0.2) is 24.5 Å². The molecule has 3 unspecified atom stereocenters. The number of aromatic nitrogens is 4. The van der Waals surface area contributed by atoms with E-state index in [1.54, 1.807) is 42.1 Å². The molecule has 3 aromatic rings. The number of fused-ring (bicyclic) bond motifs is 1. The summed E-state index contributed by atoms with van der Waals surface area (Å²) in [7, 11) is -2.22. The Hall–Kier alpha value is -4.46. The van der Waals surface area contributed by atoms with Crippen LogP contribution in [0.5, 0.6) is 5.75 Å². The lowest BCUT2D eigenvalue weighted by molar-refractivity contribution is -0.163. The average Bonchev–Trinajstić information content (AvgIpc) is 3.35. The molecule has 42 heavy (non-hydrogen) atoms. The summed E-state index contributed by atoms with van der Waals surface area (Å²) < 4.78 is 26.3. The number of benzene rings is 1. The fraction of sp³-hybridized carbons (Fsp3) is 0.385. The molecule has 1 aliphatic rings. The summed E-state index contributed by atoms with van der Waals surface area (Å²) in [5, 5.41) is 15.6. The zero-order valence-corrected chi connectivity index (χ0v) is 23.9. The minimum Gasteiger partial charge on any atom is -0.478 e. The van der Waals surface area contributed by atoms with Crippen LogP contribution >= 0.6 is 7.95 Å². The second kappa shape index (κ2) is 15.5. The molecule has 16 heteroatoms. The van der Waals surface area contributed by atoms with E-state index in [1.165, 1.54) is 11.2 Å². The van der Waals surface area contributed by atoms with E-state index in [9.17, 15) is 18.9 Å². The Morgan fingerprint density at radius 3 is 2.38 bits per heavy atom. The first-order valence-corrected chi connectivity index (χ1v) is 14.3. The third-order valence-electron chi connectivity index (χ3n) is 5.89. The zero-order valence-electron chi connectivity index (χ0n) is 23.0. The number of carboxylic acid groups (broad SMARTS) is 2. The SMILES string of the molecule is CC(Cn1cnc2c(N)ncnc21)OC[P+](=O)N(Oc1ccccc1)C(C)C(=O)OC1CCC1.O=C(O)/C=C/C(=O)O. The first-order chi connectivity index (χ1) is 20.0. The van der Waals surface area contributed by atoms with E-state index in [-0.39, 0.29) is 18.6 Å². The van der Waals surface area contributed by atoms with Crippen LogP contribution in [-0.4, -0.2) is 77.1 Å². The number of ether oxygens (including phenoxy) is 2. The van der Waals surface area contributed by atoms with Crippen molar-refractivity contribution in [3.05, 3.63) is 55.1 Å². The molecular weight excluding hydrogens is 571 g/mol. The van der Waals surface area contributed by atoms with Gasteiger partial charge in [-0.05, 0) is 49.8 Å². The standard InChI is InChI=1S/C22H28N6O5P.C4H4O4/c1-15(11-27-13-26-19-20(23)24-12-25-21(19)27)31-14-34(30)28(33-18-7-4-3-5-8-18)16(2)22(29)32-17-9-6-10-17;5-3(6)1-2-4(7)8/h3-5,7-8,12-13,15-17H,6,9-11,14H2,1-2H3,(H2,23,24,25);1-2H,(H,5,6)(H,7,8)/q+1;/b;2-1+. The summed E-state index contributed by atoms with van der Waals surface area (Å²) in [6.45, 7) is 3.87. The number of nitrogen functional groups attached to an aromatic ring is 1. The third-order valence-corrected chi connectivity index (χ3v) is 7.13. The van der Waals surface area contributed by atoms with Crippen molar-refractivity contribution in [2.75, 3.05) is 12.1 Å². The molecule has 2 aromatic heterocycles. The van der Waals surface area contributed by atoms with Gasteiger partial charge in [0.1, 0.15) is 17.9 Å². The summed E-state index contributed by atoms with van der Waals surface area (Å²) in [5.41, 5.74) is 6.94. The minimum atomic E-state index is -2.22. The quantitative estimate of drug-likeness (QED) is 0.111. The maximum absolute atomic E-state index is 13.2. The van der Waals surface area contributed by atoms with Gasteiger partial charge < -0.3 is 34.8 Å². The number of nitrogens with two attached hydrogens (primary N) is 1. The predicted octanol–water partition coefficient (Wildman–Crippen LogP) is 3.01. The summed E-state index contributed by atoms with van der Waals surface area (Å²) >= 11 is 0. The van der Waals surface area contributed by atoms with Gasteiger partial charge in [-0.15, -0.1) is 0 Å². The second-order valence-electron chi connectivity index (χ2n) is 9.17. The van der Waals surface area contributed by atoms with Crippen LogP contribution in [0.4, 0.5) is 5.82 Å². The van der Waals surface area contributed by atoms with Gasteiger partial charge >= 0.3 is 25.9 Å². The number of esters is 1. The molecule has 1 saturated carbocycles. The molecule has 0 amide bonds. The number of hydrogen-bond acceptors (Lipinski definition) is 11. The molecule has 0 spiro atoms. The zero-order chi connectivity index (χ0) is 30.6. The highest BCUT2D eigenvalue weighted by Gasteiger charge is 2.42. The number of carbonyl (C=O) groups excluding carboxylic acids is 1. The molecule has 0 saturated heterocycles. The van der Waals surface area contributed by atoms with Crippen molar-refractivity contribution in [3.63, 3.8) is 0 Å². The second-order valence-corrected chi connectivity index (χ2v) is 10.5. The smallest absolute Gasteiger partial charge is 0.478 e. The summed E-state index contributed by atoms with van der Waals surface area (Å²) in [5.74, 6) is -2.22. The summed E-state index contributed by atoms with van der Waals surface area (Å²) in [6.07, 6.45) is 6.29. The number of rotatable bonds is 13. The fourth-order valence-electron chi connectivity index (χ4n) is 3.50. The molecular formula is C26H32N6O9P+. The van der Waals surface area contributed by atoms with Crippen LogP contribution in [0.15, 0.2) is 55.1 Å². The number of nitrogens with zero attached hydrogens (tertiary/aromatic N) is 5. The van der Waals surface area contributed by atoms with Gasteiger partial charge in [0.25, 0.3) is 6.35 Å². The normalized spacial score (nSPS) is 14.9. The van der Waals surface area contributed by atoms with Crippen molar-refractivity contribution >= 4 is 42.8 Å². The number of hydrogen-bond donors (Lipinski definition) is 3. The molecule has 4 N–H and O–H groups in total. The van der Waals surface area contributed by atoms with E-state index in [0.717, 1.165) is 19.3 Å². The lowest BCUT2D eigenvalue weighted by atomic mass is 9.96. The third kappa shape index (κ3) is 9.58. The lowest BCUT2D eigenvalue weighted by Crippen LogP contribution is -2.40. The highest BCUT2D eigenvalue weighted by atomic mass is 31.1. The van der Waals surface area contributed by atoms with Crippen LogP contribution in [0.2, 0.25) is 0 Å². The van der Waals surface area contributed by atoms with Gasteiger partial charge in [0.15, 0.2) is 23.3 Å². The van der Waals surface area contributed by atoms with Crippen LogP contribution < -0.4 is 10.6 Å². The molecule has 0 bridgehead atoms. The van der Waals surface area contributed by atoms with Gasteiger partial charge in [0, 0.05) is 12.2 Å². The Labute approximate surface area is 241 Å². The number of aliphatic carboxylic acids is 2. The Morgan fingerprint density at radius 2 is 1.79 bits per heavy atom. The topological polar surface area (TPSA) is 209 Å². The van der Waals surface area contributed by atoms with Crippen LogP contribution in [0.25, 0.3) is 11.2 Å². The molecule has 1 aromatic carbocycles. The lowest BCUT2D eigenvalue weighted by Gasteiger charge is -2.27. The maximum atomic E-state index is 13.2. The van der Waals surface area contributed by atoms with Gasteiger partial charge in [-0.2, -0.15) is 0 Å². The number of carbonyl (C=O) groups is 3. The number of carboxylic acids is 2. The monoisotopic (exact) mass is 603 g/mol. The number of anilines is 1. The first kappa shape index (κ1) is 32.1. The largest absolute Gasteiger partial charge is 0.499 e. The molecule has 1 fully saturated rings. The predicted molar refractivity (Wildman–Crippen MR) is 149 cm³/mol. The number of imidazole rings is 1. The summed E-state index contributed by atoms with van der Waals surface area (Å²) in [6, 6.07) is 8.00. The Morgan fingerprint density at radius 1 is 1.12 bits per heavy atom. The number of para-hydroxylation sites is 1. The van der Waals surface area contributed by atoms with Gasteiger partial charge in [-0.3, -0.25) is 4.79 Å². The van der Waals surface area contributed by atoms with E-state index in [4.69, 9.17) is 30.3 Å². The van der Waals surface area contributed by atoms with Gasteiger partial charge in [-0.1, -0.05) is 18.2 Å². The van der Waals surface area contributed by atoms with E-state index in [0.29, 0.717) is 41.4 Å². The number of hydroxylamine groups is 1. The van der Waals surface area contributed by atoms with Crippen molar-refractivity contribution in [2.24, 2.45) is 0 Å². The molecule has 15 nitrogen and oxygen atoms in total. The van der Waals surface area contributed by atoms with Crippen LogP contribution in [0.1, 0.15) is 33.1 Å². The van der Waals surface area contributed by atoms with Gasteiger partial charge in [0.2, 0.25) is 0 Å². The highest BCUT2D eigenvalue weighted by Crippen LogP contribution is 2.33.